The van der Waals surface area contributed by atoms with Gasteiger partial charge in [-0.25, -0.2) is 8.78 Å². The molecule has 0 spiro atoms. The molecule has 2 aromatic carbocycles. The number of alkyl halides is 3. The fraction of sp³-hybridized carbons (Fsp3) is 0.0714. The molecule has 0 fully saturated rings. The SMILES string of the molecule is O=Cc1cc(-c2cc(F)c(Cl)c(F)c2)cc(C(F)(F)F)c1. The van der Waals surface area contributed by atoms with Crippen LogP contribution < -0.4 is 0 Å². The molecule has 0 aliphatic heterocycles. The van der Waals surface area contributed by atoms with Crippen LogP contribution in [0.15, 0.2) is 30.3 Å². The lowest BCUT2D eigenvalue weighted by Gasteiger charge is -2.11. The summed E-state index contributed by atoms with van der Waals surface area (Å²) in [4.78, 5) is 10.7. The van der Waals surface area contributed by atoms with Crippen LogP contribution in [-0.4, -0.2) is 6.29 Å². The molecule has 21 heavy (non-hydrogen) atoms. The Hall–Kier alpha value is -1.95. The van der Waals surface area contributed by atoms with Gasteiger partial charge in [-0.3, -0.25) is 4.79 Å². The zero-order chi connectivity index (χ0) is 15.8. The van der Waals surface area contributed by atoms with Gasteiger partial charge in [-0.1, -0.05) is 11.6 Å². The molecule has 0 aliphatic carbocycles. The highest BCUT2D eigenvalue weighted by Gasteiger charge is 2.31. The van der Waals surface area contributed by atoms with E-state index in [1.807, 2.05) is 0 Å². The maximum Gasteiger partial charge on any atom is 0.416 e. The smallest absolute Gasteiger partial charge is 0.298 e. The van der Waals surface area contributed by atoms with Gasteiger partial charge in [0.15, 0.2) is 0 Å². The first-order chi connectivity index (χ1) is 9.72. The van der Waals surface area contributed by atoms with Gasteiger partial charge in [-0.2, -0.15) is 13.2 Å². The number of carbonyl (C=O) groups is 1. The number of rotatable bonds is 2. The molecular formula is C14H6ClF5O. The Kier molecular flexibility index (Phi) is 4.00. The maximum atomic E-state index is 13.4. The van der Waals surface area contributed by atoms with Gasteiger partial charge in [-0.15, -0.1) is 0 Å². The van der Waals surface area contributed by atoms with Gasteiger partial charge < -0.3 is 0 Å². The van der Waals surface area contributed by atoms with Crippen LogP contribution in [0.4, 0.5) is 22.0 Å². The largest absolute Gasteiger partial charge is 0.416 e. The first-order valence-corrected chi connectivity index (χ1v) is 5.92. The molecule has 0 aromatic heterocycles. The Morgan fingerprint density at radius 2 is 1.43 bits per heavy atom. The second-order valence-electron chi connectivity index (χ2n) is 4.21. The van der Waals surface area contributed by atoms with Gasteiger partial charge >= 0.3 is 6.18 Å². The van der Waals surface area contributed by atoms with E-state index in [9.17, 15) is 26.7 Å². The summed E-state index contributed by atoms with van der Waals surface area (Å²) >= 11 is 5.31. The summed E-state index contributed by atoms with van der Waals surface area (Å²) in [6, 6.07) is 4.06. The fourth-order valence-corrected chi connectivity index (χ4v) is 1.88. The molecule has 0 unspecified atom stereocenters. The Morgan fingerprint density at radius 1 is 0.905 bits per heavy atom. The molecule has 0 bridgehead atoms. The summed E-state index contributed by atoms with van der Waals surface area (Å²) in [7, 11) is 0. The van der Waals surface area contributed by atoms with E-state index in [0.29, 0.717) is 12.1 Å². The van der Waals surface area contributed by atoms with E-state index >= 15 is 0 Å². The lowest BCUT2D eigenvalue weighted by molar-refractivity contribution is -0.137. The molecule has 2 rings (SSSR count). The van der Waals surface area contributed by atoms with Gasteiger partial charge in [0.2, 0.25) is 0 Å². The zero-order valence-corrected chi connectivity index (χ0v) is 10.9. The minimum absolute atomic E-state index is 0.138. The van der Waals surface area contributed by atoms with Crippen LogP contribution in [0, 0.1) is 11.6 Å². The van der Waals surface area contributed by atoms with Crippen molar-refractivity contribution in [1.29, 1.82) is 0 Å². The van der Waals surface area contributed by atoms with E-state index < -0.39 is 28.4 Å². The summed E-state index contributed by atoms with van der Waals surface area (Å²) < 4.78 is 65.0. The highest BCUT2D eigenvalue weighted by Crippen LogP contribution is 2.34. The first-order valence-electron chi connectivity index (χ1n) is 5.55. The summed E-state index contributed by atoms with van der Waals surface area (Å²) in [6.07, 6.45) is -4.46. The molecule has 110 valence electrons. The quantitative estimate of drug-likeness (QED) is 0.426. The van der Waals surface area contributed by atoms with E-state index in [0.717, 1.165) is 18.2 Å². The topological polar surface area (TPSA) is 17.1 Å². The number of hydrogen-bond acceptors (Lipinski definition) is 1. The van der Waals surface area contributed by atoms with Crippen LogP contribution in [-0.2, 0) is 6.18 Å². The number of carbonyl (C=O) groups excluding carboxylic acids is 1. The predicted molar refractivity (Wildman–Crippen MR) is 67.2 cm³/mol. The van der Waals surface area contributed by atoms with Gasteiger partial charge in [0, 0.05) is 5.56 Å². The lowest BCUT2D eigenvalue weighted by Crippen LogP contribution is -2.06. The highest BCUT2D eigenvalue weighted by molar-refractivity contribution is 6.31. The number of halogens is 6. The van der Waals surface area contributed by atoms with Gasteiger partial charge in [0.1, 0.15) is 22.9 Å². The molecule has 0 radical (unpaired) electrons. The van der Waals surface area contributed by atoms with Crippen molar-refractivity contribution in [2.45, 2.75) is 6.18 Å². The average Bonchev–Trinajstić information content (AvgIpc) is 2.42. The molecule has 0 aliphatic rings. The van der Waals surface area contributed by atoms with Gasteiger partial charge in [0.25, 0.3) is 0 Å². The molecule has 0 N–H and O–H groups in total. The molecule has 0 amide bonds. The fourth-order valence-electron chi connectivity index (χ4n) is 1.77. The summed E-state index contributed by atoms with van der Waals surface area (Å²) in [5.74, 6) is -2.20. The Morgan fingerprint density at radius 3 is 1.90 bits per heavy atom. The van der Waals surface area contributed by atoms with E-state index in [1.165, 1.54) is 0 Å². The van der Waals surface area contributed by atoms with E-state index in [4.69, 9.17) is 11.6 Å². The van der Waals surface area contributed by atoms with Crippen molar-refractivity contribution < 1.29 is 26.7 Å². The normalized spacial score (nSPS) is 11.5. The van der Waals surface area contributed by atoms with Crippen molar-refractivity contribution in [2.75, 3.05) is 0 Å². The van der Waals surface area contributed by atoms with Gasteiger partial charge in [0.05, 0.1) is 5.56 Å². The molecule has 7 heteroatoms. The van der Waals surface area contributed by atoms with E-state index in [1.54, 1.807) is 0 Å². The van der Waals surface area contributed by atoms with E-state index in [2.05, 4.69) is 0 Å². The van der Waals surface area contributed by atoms with Crippen LogP contribution in [0.25, 0.3) is 11.1 Å². The summed E-state index contributed by atoms with van der Waals surface area (Å²) in [6.45, 7) is 0. The Balaban J connectivity index is 2.66. The third kappa shape index (κ3) is 3.21. The molecular weight excluding hydrogens is 315 g/mol. The van der Waals surface area contributed by atoms with Crippen molar-refractivity contribution in [3.8, 4) is 11.1 Å². The van der Waals surface area contributed by atoms with Crippen LogP contribution in [0.2, 0.25) is 5.02 Å². The minimum atomic E-state index is -4.68. The second-order valence-corrected chi connectivity index (χ2v) is 4.59. The van der Waals surface area contributed by atoms with Crippen LogP contribution >= 0.6 is 11.6 Å². The predicted octanol–water partition coefficient (Wildman–Crippen LogP) is 5.12. The third-order valence-electron chi connectivity index (χ3n) is 2.74. The molecule has 0 heterocycles. The summed E-state index contributed by atoms with van der Waals surface area (Å²) in [5, 5.41) is -0.749. The first kappa shape index (κ1) is 15.4. The molecule has 0 saturated heterocycles. The molecule has 0 saturated carbocycles. The molecule has 2 aromatic rings. The van der Waals surface area contributed by atoms with Crippen LogP contribution in [0.1, 0.15) is 15.9 Å². The highest BCUT2D eigenvalue weighted by atomic mass is 35.5. The van der Waals surface area contributed by atoms with Crippen molar-refractivity contribution in [3.63, 3.8) is 0 Å². The number of aldehydes is 1. The third-order valence-corrected chi connectivity index (χ3v) is 3.10. The standard InChI is InChI=1S/C14H6ClF5O/c15-13-11(16)4-9(5-12(13)17)8-1-7(6-21)2-10(3-8)14(18,19)20/h1-6H. The molecule has 1 nitrogen and oxygen atoms in total. The maximum absolute atomic E-state index is 13.4. The Bertz CT molecular complexity index is 686. The lowest BCUT2D eigenvalue weighted by atomic mass is 9.99. The minimum Gasteiger partial charge on any atom is -0.298 e. The Labute approximate surface area is 121 Å². The van der Waals surface area contributed by atoms with Crippen molar-refractivity contribution in [1.82, 2.24) is 0 Å². The van der Waals surface area contributed by atoms with Crippen molar-refractivity contribution in [2.24, 2.45) is 0 Å². The summed E-state index contributed by atoms with van der Waals surface area (Å²) in [5.41, 5.74) is -1.63. The number of hydrogen-bond donors (Lipinski definition) is 0. The van der Waals surface area contributed by atoms with Crippen molar-refractivity contribution in [3.05, 3.63) is 58.1 Å². The van der Waals surface area contributed by atoms with E-state index in [-0.39, 0.29) is 23.0 Å². The van der Waals surface area contributed by atoms with Crippen LogP contribution in [0.3, 0.4) is 0 Å². The van der Waals surface area contributed by atoms with Crippen LogP contribution in [0.5, 0.6) is 0 Å². The second kappa shape index (κ2) is 5.44. The average molecular weight is 321 g/mol. The monoisotopic (exact) mass is 320 g/mol. The van der Waals surface area contributed by atoms with Gasteiger partial charge in [-0.05, 0) is 41.5 Å². The molecule has 0 atom stereocenters. The van der Waals surface area contributed by atoms with Crippen molar-refractivity contribution >= 4 is 17.9 Å². The number of benzene rings is 2. The zero-order valence-electron chi connectivity index (χ0n) is 10.1.